The smallest absolute Gasteiger partial charge is 0.224 e. The third kappa shape index (κ3) is 5.38. The van der Waals surface area contributed by atoms with E-state index in [0.717, 1.165) is 23.3 Å². The number of rotatable bonds is 7. The van der Waals surface area contributed by atoms with Crippen molar-refractivity contribution in [1.29, 1.82) is 0 Å². The van der Waals surface area contributed by atoms with Crippen molar-refractivity contribution in [3.8, 4) is 5.75 Å². The molecule has 0 aliphatic carbocycles. The standard InChI is InChI=1S/C17H28N2O2/c1-6-12(3)21-16-9-11(2)7-8-15(16)10-19-17(20)13(4)14(5)18/h7-9,12-14H,6,10,18H2,1-5H3,(H,19,20). The Morgan fingerprint density at radius 3 is 2.57 bits per heavy atom. The fourth-order valence-corrected chi connectivity index (χ4v) is 1.80. The van der Waals surface area contributed by atoms with Crippen LogP contribution in [0.15, 0.2) is 18.2 Å². The lowest BCUT2D eigenvalue weighted by molar-refractivity contribution is -0.125. The average Bonchev–Trinajstić information content (AvgIpc) is 2.44. The molecule has 0 fully saturated rings. The van der Waals surface area contributed by atoms with Gasteiger partial charge in [0, 0.05) is 24.1 Å². The highest BCUT2D eigenvalue weighted by Crippen LogP contribution is 2.22. The van der Waals surface area contributed by atoms with E-state index in [-0.39, 0.29) is 24.0 Å². The van der Waals surface area contributed by atoms with E-state index >= 15 is 0 Å². The molecule has 0 aliphatic rings. The van der Waals surface area contributed by atoms with Gasteiger partial charge in [0.25, 0.3) is 0 Å². The Kier molecular flexibility index (Phi) is 6.69. The number of benzene rings is 1. The van der Waals surface area contributed by atoms with Gasteiger partial charge in [-0.05, 0) is 38.8 Å². The lowest BCUT2D eigenvalue weighted by Gasteiger charge is -2.19. The summed E-state index contributed by atoms with van der Waals surface area (Å²) < 4.78 is 5.94. The molecule has 4 heteroatoms. The maximum absolute atomic E-state index is 12.0. The predicted molar refractivity (Wildman–Crippen MR) is 86.2 cm³/mol. The Hall–Kier alpha value is -1.55. The van der Waals surface area contributed by atoms with Gasteiger partial charge in [0.05, 0.1) is 6.10 Å². The van der Waals surface area contributed by atoms with Crippen LogP contribution in [0.5, 0.6) is 5.75 Å². The van der Waals surface area contributed by atoms with E-state index in [4.69, 9.17) is 10.5 Å². The number of hydrogen-bond donors (Lipinski definition) is 2. The number of aryl methyl sites for hydroxylation is 1. The monoisotopic (exact) mass is 292 g/mol. The van der Waals surface area contributed by atoms with Crippen LogP contribution in [-0.4, -0.2) is 18.1 Å². The largest absolute Gasteiger partial charge is 0.490 e. The minimum absolute atomic E-state index is 0.0277. The summed E-state index contributed by atoms with van der Waals surface area (Å²) in [6.45, 7) is 10.3. The van der Waals surface area contributed by atoms with Crippen molar-refractivity contribution in [3.05, 3.63) is 29.3 Å². The van der Waals surface area contributed by atoms with Crippen molar-refractivity contribution in [2.75, 3.05) is 0 Å². The molecule has 0 aromatic heterocycles. The first-order chi connectivity index (χ1) is 9.85. The molecule has 0 saturated heterocycles. The molecule has 3 atom stereocenters. The molecule has 3 N–H and O–H groups in total. The zero-order valence-electron chi connectivity index (χ0n) is 13.8. The number of nitrogens with one attached hydrogen (secondary N) is 1. The number of hydrogen-bond acceptors (Lipinski definition) is 3. The van der Waals surface area contributed by atoms with E-state index < -0.39 is 0 Å². The van der Waals surface area contributed by atoms with Gasteiger partial charge in [-0.25, -0.2) is 0 Å². The Morgan fingerprint density at radius 2 is 2.00 bits per heavy atom. The number of nitrogens with two attached hydrogens (primary N) is 1. The van der Waals surface area contributed by atoms with Crippen molar-refractivity contribution in [1.82, 2.24) is 5.32 Å². The Labute approximate surface area is 128 Å². The van der Waals surface area contributed by atoms with Crippen molar-refractivity contribution in [2.24, 2.45) is 11.7 Å². The van der Waals surface area contributed by atoms with Crippen LogP contribution < -0.4 is 15.8 Å². The number of amides is 1. The molecule has 1 aromatic rings. The van der Waals surface area contributed by atoms with Crippen LogP contribution in [0.1, 0.15) is 45.2 Å². The summed E-state index contributed by atoms with van der Waals surface area (Å²) in [6.07, 6.45) is 1.10. The quantitative estimate of drug-likeness (QED) is 0.812. The third-order valence-corrected chi connectivity index (χ3v) is 3.78. The molecule has 118 valence electrons. The summed E-state index contributed by atoms with van der Waals surface area (Å²) in [4.78, 5) is 12.0. The number of ether oxygens (including phenoxy) is 1. The van der Waals surface area contributed by atoms with Crippen LogP contribution in [0.3, 0.4) is 0 Å². The van der Waals surface area contributed by atoms with Crippen LogP contribution in [-0.2, 0) is 11.3 Å². The molecule has 0 heterocycles. The van der Waals surface area contributed by atoms with E-state index in [1.54, 1.807) is 0 Å². The van der Waals surface area contributed by atoms with Crippen molar-refractivity contribution in [3.63, 3.8) is 0 Å². The van der Waals surface area contributed by atoms with Crippen molar-refractivity contribution >= 4 is 5.91 Å². The Balaban J connectivity index is 2.76. The second kappa shape index (κ2) is 8.03. The van der Waals surface area contributed by atoms with Gasteiger partial charge in [-0.2, -0.15) is 0 Å². The fourth-order valence-electron chi connectivity index (χ4n) is 1.80. The summed E-state index contributed by atoms with van der Waals surface area (Å²) >= 11 is 0. The molecule has 0 radical (unpaired) electrons. The first kappa shape index (κ1) is 17.5. The predicted octanol–water partition coefficient (Wildman–Crippen LogP) is 2.77. The molecular weight excluding hydrogens is 264 g/mol. The van der Waals surface area contributed by atoms with Gasteiger partial charge in [-0.3, -0.25) is 4.79 Å². The second-order valence-electron chi connectivity index (χ2n) is 5.81. The van der Waals surface area contributed by atoms with Gasteiger partial charge < -0.3 is 15.8 Å². The SMILES string of the molecule is CCC(C)Oc1cc(C)ccc1CNC(=O)C(C)C(C)N. The average molecular weight is 292 g/mol. The minimum atomic E-state index is -0.200. The van der Waals surface area contributed by atoms with Gasteiger partial charge in [0.15, 0.2) is 0 Å². The topological polar surface area (TPSA) is 64.3 Å². The summed E-state index contributed by atoms with van der Waals surface area (Å²) in [6, 6.07) is 5.89. The molecule has 0 bridgehead atoms. The molecule has 21 heavy (non-hydrogen) atoms. The van der Waals surface area contributed by atoms with Gasteiger partial charge >= 0.3 is 0 Å². The van der Waals surface area contributed by atoms with Crippen LogP contribution in [0.4, 0.5) is 0 Å². The van der Waals surface area contributed by atoms with E-state index in [9.17, 15) is 4.79 Å². The molecule has 0 aliphatic heterocycles. The van der Waals surface area contributed by atoms with Gasteiger partial charge in [-0.1, -0.05) is 26.0 Å². The van der Waals surface area contributed by atoms with Crippen LogP contribution in [0.25, 0.3) is 0 Å². The molecule has 4 nitrogen and oxygen atoms in total. The summed E-state index contributed by atoms with van der Waals surface area (Å²) in [5, 5.41) is 2.93. The van der Waals surface area contributed by atoms with Gasteiger partial charge in [0.2, 0.25) is 5.91 Å². The van der Waals surface area contributed by atoms with Crippen LogP contribution in [0, 0.1) is 12.8 Å². The van der Waals surface area contributed by atoms with Crippen LogP contribution >= 0.6 is 0 Å². The Morgan fingerprint density at radius 1 is 1.33 bits per heavy atom. The molecule has 3 unspecified atom stereocenters. The first-order valence-corrected chi connectivity index (χ1v) is 7.64. The lowest BCUT2D eigenvalue weighted by Crippen LogP contribution is -2.38. The van der Waals surface area contributed by atoms with E-state index in [1.807, 2.05) is 45.9 Å². The highest BCUT2D eigenvalue weighted by atomic mass is 16.5. The Bertz CT molecular complexity index is 472. The zero-order chi connectivity index (χ0) is 16.0. The molecule has 1 aromatic carbocycles. The maximum atomic E-state index is 12.0. The molecule has 1 amide bonds. The number of carbonyl (C=O) groups excluding carboxylic acids is 1. The van der Waals surface area contributed by atoms with Gasteiger partial charge in [-0.15, -0.1) is 0 Å². The third-order valence-electron chi connectivity index (χ3n) is 3.78. The van der Waals surface area contributed by atoms with Gasteiger partial charge in [0.1, 0.15) is 5.75 Å². The number of carbonyl (C=O) groups is 1. The summed E-state index contributed by atoms with van der Waals surface area (Å²) in [5.74, 6) is 0.618. The molecule has 0 saturated carbocycles. The van der Waals surface area contributed by atoms with Crippen LogP contribution in [0.2, 0.25) is 0 Å². The van der Waals surface area contributed by atoms with E-state index in [0.29, 0.717) is 6.54 Å². The zero-order valence-corrected chi connectivity index (χ0v) is 13.8. The van der Waals surface area contributed by atoms with E-state index in [1.165, 1.54) is 0 Å². The molecule has 0 spiro atoms. The summed E-state index contributed by atoms with van der Waals surface area (Å²) in [7, 11) is 0. The highest BCUT2D eigenvalue weighted by molar-refractivity contribution is 5.79. The lowest BCUT2D eigenvalue weighted by atomic mass is 10.0. The minimum Gasteiger partial charge on any atom is -0.490 e. The van der Waals surface area contributed by atoms with E-state index in [2.05, 4.69) is 12.2 Å². The molecular formula is C17H28N2O2. The normalized spacial score (nSPS) is 15.1. The summed E-state index contributed by atoms with van der Waals surface area (Å²) in [5.41, 5.74) is 7.89. The maximum Gasteiger partial charge on any atom is 0.224 e. The van der Waals surface area contributed by atoms with Crippen molar-refractivity contribution in [2.45, 2.75) is 59.7 Å². The second-order valence-corrected chi connectivity index (χ2v) is 5.81. The first-order valence-electron chi connectivity index (χ1n) is 7.64. The fraction of sp³-hybridized carbons (Fsp3) is 0.588. The molecule has 1 rings (SSSR count). The highest BCUT2D eigenvalue weighted by Gasteiger charge is 2.17. The van der Waals surface area contributed by atoms with Crippen molar-refractivity contribution < 1.29 is 9.53 Å².